The Labute approximate surface area is 93.3 Å². The van der Waals surface area contributed by atoms with Gasteiger partial charge < -0.3 is 5.11 Å². The molecule has 0 aliphatic heterocycles. The van der Waals surface area contributed by atoms with Gasteiger partial charge in [-0.25, -0.2) is 0 Å². The number of hydrogen-bond donors (Lipinski definition) is 2. The van der Waals surface area contributed by atoms with Crippen LogP contribution in [0.4, 0.5) is 0 Å². The van der Waals surface area contributed by atoms with Gasteiger partial charge in [0.1, 0.15) is 6.04 Å². The van der Waals surface area contributed by atoms with Crippen molar-refractivity contribution in [3.63, 3.8) is 0 Å². The van der Waals surface area contributed by atoms with Crippen molar-refractivity contribution in [2.75, 3.05) is 6.54 Å². The third-order valence-corrected chi connectivity index (χ3v) is 1.18. The van der Waals surface area contributed by atoms with Gasteiger partial charge >= 0.3 is 35.5 Å². The molecule has 0 aromatic heterocycles. The van der Waals surface area contributed by atoms with Crippen molar-refractivity contribution in [1.29, 1.82) is 0 Å². The molecule has 0 saturated heterocycles. The van der Waals surface area contributed by atoms with Crippen LogP contribution in [0.25, 0.3) is 0 Å². The standard InChI is InChI=1S/C7H11NO3.Na.H/c1-3-6(9)4-8-5(2)7(10)11;;/h3,5,8H,1,4H2,2H3,(H,10,11);;. The first-order chi connectivity index (χ1) is 5.07. The van der Waals surface area contributed by atoms with Crippen LogP contribution < -0.4 is 5.32 Å². The van der Waals surface area contributed by atoms with E-state index in [2.05, 4.69) is 11.9 Å². The van der Waals surface area contributed by atoms with E-state index < -0.39 is 12.0 Å². The normalized spacial score (nSPS) is 11.1. The molecule has 5 heteroatoms. The van der Waals surface area contributed by atoms with Crippen LogP contribution in [-0.2, 0) is 9.59 Å². The van der Waals surface area contributed by atoms with E-state index in [1.165, 1.54) is 6.92 Å². The molecule has 0 amide bonds. The molecule has 2 N–H and O–H groups in total. The molecule has 0 rings (SSSR count). The Balaban J connectivity index is 0. The zero-order chi connectivity index (χ0) is 8.85. The summed E-state index contributed by atoms with van der Waals surface area (Å²) in [4.78, 5) is 20.8. The number of ketones is 1. The van der Waals surface area contributed by atoms with Crippen LogP contribution in [0.5, 0.6) is 0 Å². The fourth-order valence-corrected chi connectivity index (χ4v) is 0.413. The predicted molar refractivity (Wildman–Crippen MR) is 47.5 cm³/mol. The van der Waals surface area contributed by atoms with Crippen LogP contribution >= 0.6 is 0 Å². The molecule has 0 spiro atoms. The second kappa shape index (κ2) is 7.49. The van der Waals surface area contributed by atoms with E-state index in [1.54, 1.807) is 0 Å². The molecule has 4 nitrogen and oxygen atoms in total. The Hall–Kier alpha value is -0.160. The third kappa shape index (κ3) is 6.54. The number of carbonyl (C=O) groups is 2. The summed E-state index contributed by atoms with van der Waals surface area (Å²) >= 11 is 0. The Kier molecular flexibility index (Phi) is 8.97. The van der Waals surface area contributed by atoms with Crippen molar-refractivity contribution in [2.45, 2.75) is 13.0 Å². The number of aliphatic carboxylic acids is 1. The van der Waals surface area contributed by atoms with Gasteiger partial charge in [0.15, 0.2) is 5.78 Å². The van der Waals surface area contributed by atoms with Gasteiger partial charge in [0, 0.05) is 0 Å². The van der Waals surface area contributed by atoms with Gasteiger partial charge in [0.2, 0.25) is 0 Å². The first kappa shape index (κ1) is 14.4. The first-order valence-corrected chi connectivity index (χ1v) is 3.19. The van der Waals surface area contributed by atoms with Gasteiger partial charge in [-0.3, -0.25) is 14.9 Å². The van der Waals surface area contributed by atoms with E-state index in [-0.39, 0.29) is 41.9 Å². The summed E-state index contributed by atoms with van der Waals surface area (Å²) in [5, 5.41) is 10.9. The van der Waals surface area contributed by atoms with Crippen molar-refractivity contribution >= 4 is 41.3 Å². The monoisotopic (exact) mass is 181 g/mol. The minimum absolute atomic E-state index is 0. The van der Waals surface area contributed by atoms with E-state index in [1.807, 2.05) is 0 Å². The molecule has 0 radical (unpaired) electrons. The van der Waals surface area contributed by atoms with Gasteiger partial charge in [0.25, 0.3) is 0 Å². The predicted octanol–water partition coefficient (Wildman–Crippen LogP) is -0.844. The van der Waals surface area contributed by atoms with Crippen molar-refractivity contribution in [3.8, 4) is 0 Å². The Morgan fingerprint density at radius 3 is 2.50 bits per heavy atom. The van der Waals surface area contributed by atoms with Crippen molar-refractivity contribution < 1.29 is 14.7 Å². The molecular weight excluding hydrogens is 169 g/mol. The number of carboxylic acids is 1. The molecule has 1 atom stereocenters. The van der Waals surface area contributed by atoms with Crippen LogP contribution in [-0.4, -0.2) is 59.0 Å². The number of rotatable bonds is 5. The van der Waals surface area contributed by atoms with Gasteiger partial charge in [-0.15, -0.1) is 0 Å². The molecule has 0 bridgehead atoms. The summed E-state index contributed by atoms with van der Waals surface area (Å²) in [5.74, 6) is -1.18. The van der Waals surface area contributed by atoms with E-state index >= 15 is 0 Å². The van der Waals surface area contributed by atoms with Crippen molar-refractivity contribution in [3.05, 3.63) is 12.7 Å². The minimum atomic E-state index is -0.970. The average molecular weight is 181 g/mol. The second-order valence-electron chi connectivity index (χ2n) is 2.11. The van der Waals surface area contributed by atoms with E-state index in [9.17, 15) is 9.59 Å². The van der Waals surface area contributed by atoms with Gasteiger partial charge in [0.05, 0.1) is 6.54 Å². The molecule has 0 saturated carbocycles. The average Bonchev–Trinajstić information content (AvgIpc) is 1.99. The molecule has 64 valence electrons. The van der Waals surface area contributed by atoms with E-state index in [0.717, 1.165) is 6.08 Å². The maximum absolute atomic E-state index is 10.6. The molecule has 0 aromatic carbocycles. The molecule has 0 aliphatic rings. The fourth-order valence-electron chi connectivity index (χ4n) is 0.413. The van der Waals surface area contributed by atoms with Gasteiger partial charge in [-0.1, -0.05) is 6.58 Å². The van der Waals surface area contributed by atoms with Crippen LogP contribution in [0.1, 0.15) is 6.92 Å². The molecule has 12 heavy (non-hydrogen) atoms. The van der Waals surface area contributed by atoms with E-state index in [4.69, 9.17) is 5.11 Å². The van der Waals surface area contributed by atoms with Crippen LogP contribution in [0.15, 0.2) is 12.7 Å². The topological polar surface area (TPSA) is 66.4 Å². The summed E-state index contributed by atoms with van der Waals surface area (Å²) in [5.41, 5.74) is 0. The Morgan fingerprint density at radius 2 is 2.17 bits per heavy atom. The molecule has 0 aliphatic carbocycles. The first-order valence-electron chi connectivity index (χ1n) is 3.19. The van der Waals surface area contributed by atoms with Crippen molar-refractivity contribution in [1.82, 2.24) is 5.32 Å². The fraction of sp³-hybridized carbons (Fsp3) is 0.429. The molecule has 0 heterocycles. The molecule has 0 aromatic rings. The van der Waals surface area contributed by atoms with Crippen LogP contribution in [0.2, 0.25) is 0 Å². The summed E-state index contributed by atoms with van der Waals surface area (Å²) in [7, 11) is 0. The van der Waals surface area contributed by atoms with Crippen LogP contribution in [0.3, 0.4) is 0 Å². The Bertz CT molecular complexity index is 181. The zero-order valence-corrected chi connectivity index (χ0v) is 6.33. The SMILES string of the molecule is C=CC(=O)CNC(C)C(=O)O.[NaH]. The number of hydrogen-bond acceptors (Lipinski definition) is 3. The summed E-state index contributed by atoms with van der Waals surface area (Å²) in [6.45, 7) is 4.74. The molecule has 0 fully saturated rings. The quantitative estimate of drug-likeness (QED) is 0.428. The number of nitrogens with one attached hydrogen (secondary N) is 1. The third-order valence-electron chi connectivity index (χ3n) is 1.18. The summed E-state index contributed by atoms with van der Waals surface area (Å²) in [6.07, 6.45) is 1.15. The molecule has 1 unspecified atom stereocenters. The number of carbonyl (C=O) groups excluding carboxylic acids is 1. The van der Waals surface area contributed by atoms with Gasteiger partial charge in [-0.2, -0.15) is 0 Å². The maximum atomic E-state index is 10.6. The Morgan fingerprint density at radius 1 is 1.67 bits per heavy atom. The van der Waals surface area contributed by atoms with E-state index in [0.29, 0.717) is 0 Å². The second-order valence-corrected chi connectivity index (χ2v) is 2.11. The zero-order valence-electron chi connectivity index (χ0n) is 6.33. The molecular formula is C7H12NNaO3. The van der Waals surface area contributed by atoms with Gasteiger partial charge in [-0.05, 0) is 13.0 Å². The number of carboxylic acid groups (broad SMARTS) is 1. The summed E-state index contributed by atoms with van der Waals surface area (Å²) < 4.78 is 0. The van der Waals surface area contributed by atoms with Crippen molar-refractivity contribution in [2.24, 2.45) is 0 Å². The van der Waals surface area contributed by atoms with Crippen LogP contribution in [0, 0.1) is 0 Å². The summed E-state index contributed by atoms with van der Waals surface area (Å²) in [6, 6.07) is -0.695.